The Bertz CT molecular complexity index is 807. The Morgan fingerprint density at radius 2 is 1.78 bits per heavy atom. The van der Waals surface area contributed by atoms with E-state index in [-0.39, 0.29) is 12.4 Å². The lowest BCUT2D eigenvalue weighted by Gasteiger charge is -2.25. The van der Waals surface area contributed by atoms with Crippen molar-refractivity contribution in [3.63, 3.8) is 0 Å². The molecule has 0 radical (unpaired) electrons. The van der Waals surface area contributed by atoms with Crippen molar-refractivity contribution >= 4 is 23.2 Å². The number of nitrogens with zero attached hydrogens (tertiary/aromatic N) is 1. The number of aromatic nitrogens is 1. The second-order valence-electron chi connectivity index (χ2n) is 7.00. The Kier molecular flexibility index (Phi) is 8.73. The summed E-state index contributed by atoms with van der Waals surface area (Å²) in [6.45, 7) is 3.16. The van der Waals surface area contributed by atoms with Crippen LogP contribution in [0.5, 0.6) is 0 Å². The number of likely N-dealkylation sites (N-methyl/N-ethyl adjacent to an activating group) is 1. The minimum atomic E-state index is 0. The second-order valence-corrected chi connectivity index (χ2v) is 7.00. The van der Waals surface area contributed by atoms with E-state index in [9.17, 15) is 0 Å². The summed E-state index contributed by atoms with van der Waals surface area (Å²) in [7, 11) is 2.06. The number of halogens is 1. The van der Waals surface area contributed by atoms with E-state index in [0.29, 0.717) is 12.1 Å². The van der Waals surface area contributed by atoms with Gasteiger partial charge in [-0.05, 0) is 61.9 Å². The van der Waals surface area contributed by atoms with Gasteiger partial charge in [0, 0.05) is 36.4 Å². The lowest BCUT2D eigenvalue weighted by Crippen LogP contribution is -2.44. The molecule has 0 spiro atoms. The zero-order valence-corrected chi connectivity index (χ0v) is 17.0. The number of hydrogen-bond donors (Lipinski definition) is 2. The summed E-state index contributed by atoms with van der Waals surface area (Å²) in [6.07, 6.45) is 7.28. The van der Waals surface area contributed by atoms with Gasteiger partial charge in [-0.1, -0.05) is 42.5 Å². The molecule has 3 nitrogen and oxygen atoms in total. The molecule has 3 rings (SSSR count). The number of pyridine rings is 1. The van der Waals surface area contributed by atoms with Crippen molar-refractivity contribution < 1.29 is 0 Å². The van der Waals surface area contributed by atoms with Gasteiger partial charge in [0.2, 0.25) is 0 Å². The molecule has 1 unspecified atom stereocenters. The third kappa shape index (κ3) is 6.31. The lowest BCUT2D eigenvalue weighted by molar-refractivity contribution is 0.381. The van der Waals surface area contributed by atoms with E-state index >= 15 is 0 Å². The summed E-state index contributed by atoms with van der Waals surface area (Å²) < 4.78 is 0. The standard InChI is InChI=1S/C23H29N3.ClH/c1-18(23(24-2)10-6-9-19-7-4-3-5-8-19)26-16-20-11-12-22-17-25-14-13-21(22)15-20;/h3-5,7-8,11-15,17-18,23-24,26H,6,9-10,16H2,1-2H3;1H/t18-,23?;/m1./s1. The first-order valence-electron chi connectivity index (χ1n) is 9.53. The van der Waals surface area contributed by atoms with E-state index in [4.69, 9.17) is 0 Å². The van der Waals surface area contributed by atoms with Crippen molar-refractivity contribution in [1.82, 2.24) is 15.6 Å². The summed E-state index contributed by atoms with van der Waals surface area (Å²) >= 11 is 0. The first-order chi connectivity index (χ1) is 12.8. The van der Waals surface area contributed by atoms with Crippen LogP contribution in [-0.4, -0.2) is 24.1 Å². The normalized spacial score (nSPS) is 13.1. The van der Waals surface area contributed by atoms with Gasteiger partial charge in [0.15, 0.2) is 0 Å². The van der Waals surface area contributed by atoms with Gasteiger partial charge in [-0.25, -0.2) is 0 Å². The number of benzene rings is 2. The Balaban J connectivity index is 0.00000261. The summed E-state index contributed by atoms with van der Waals surface area (Å²) in [4.78, 5) is 4.18. The summed E-state index contributed by atoms with van der Waals surface area (Å²) in [5, 5.41) is 9.61. The molecule has 27 heavy (non-hydrogen) atoms. The molecule has 1 aromatic heterocycles. The number of aryl methyl sites for hydroxylation is 1. The Hall–Kier alpha value is -1.94. The highest BCUT2D eigenvalue weighted by Crippen LogP contribution is 2.15. The Morgan fingerprint density at radius 3 is 2.56 bits per heavy atom. The smallest absolute Gasteiger partial charge is 0.0346 e. The van der Waals surface area contributed by atoms with Crippen LogP contribution < -0.4 is 10.6 Å². The van der Waals surface area contributed by atoms with Gasteiger partial charge in [0.1, 0.15) is 0 Å². The number of fused-ring (bicyclic) bond motifs is 1. The molecule has 0 saturated carbocycles. The van der Waals surface area contributed by atoms with E-state index in [2.05, 4.69) is 84.2 Å². The largest absolute Gasteiger partial charge is 0.315 e. The summed E-state index contributed by atoms with van der Waals surface area (Å²) in [5.41, 5.74) is 2.74. The van der Waals surface area contributed by atoms with E-state index in [1.54, 1.807) is 0 Å². The molecule has 2 atom stereocenters. The third-order valence-corrected chi connectivity index (χ3v) is 5.13. The summed E-state index contributed by atoms with van der Waals surface area (Å²) in [5.74, 6) is 0. The van der Waals surface area contributed by atoms with Crippen LogP contribution in [0.1, 0.15) is 30.9 Å². The molecule has 2 aromatic carbocycles. The Labute approximate surface area is 169 Å². The van der Waals surface area contributed by atoms with Crippen LogP contribution in [0.25, 0.3) is 10.8 Å². The Morgan fingerprint density at radius 1 is 0.963 bits per heavy atom. The van der Waals surface area contributed by atoms with Crippen LogP contribution in [0, 0.1) is 0 Å². The molecule has 144 valence electrons. The third-order valence-electron chi connectivity index (χ3n) is 5.13. The lowest BCUT2D eigenvalue weighted by atomic mass is 10.00. The summed E-state index contributed by atoms with van der Waals surface area (Å²) in [6, 6.07) is 20.3. The minimum Gasteiger partial charge on any atom is -0.315 e. The van der Waals surface area contributed by atoms with Crippen molar-refractivity contribution in [1.29, 1.82) is 0 Å². The zero-order valence-electron chi connectivity index (χ0n) is 16.2. The first kappa shape index (κ1) is 21.4. The van der Waals surface area contributed by atoms with Crippen molar-refractivity contribution in [2.45, 2.75) is 44.8 Å². The fraction of sp³-hybridized carbons (Fsp3) is 0.348. The molecule has 3 aromatic rings. The molecular formula is C23H30ClN3. The average molecular weight is 384 g/mol. The van der Waals surface area contributed by atoms with E-state index in [1.807, 2.05) is 12.4 Å². The first-order valence-corrected chi connectivity index (χ1v) is 9.53. The van der Waals surface area contributed by atoms with E-state index < -0.39 is 0 Å². The number of rotatable bonds is 9. The van der Waals surface area contributed by atoms with Gasteiger partial charge in [-0.2, -0.15) is 0 Å². The molecule has 2 N–H and O–H groups in total. The maximum Gasteiger partial charge on any atom is 0.0346 e. The van der Waals surface area contributed by atoms with Crippen LogP contribution in [0.2, 0.25) is 0 Å². The van der Waals surface area contributed by atoms with Crippen LogP contribution in [-0.2, 0) is 13.0 Å². The monoisotopic (exact) mass is 383 g/mol. The van der Waals surface area contributed by atoms with Gasteiger partial charge in [0.25, 0.3) is 0 Å². The SMILES string of the molecule is CNC(CCCc1ccccc1)[C@@H](C)NCc1ccc2cnccc2c1.Cl. The fourth-order valence-corrected chi connectivity index (χ4v) is 3.48. The highest BCUT2D eigenvalue weighted by atomic mass is 35.5. The fourth-order valence-electron chi connectivity index (χ4n) is 3.48. The maximum absolute atomic E-state index is 4.18. The van der Waals surface area contributed by atoms with Gasteiger partial charge >= 0.3 is 0 Å². The van der Waals surface area contributed by atoms with E-state index in [0.717, 1.165) is 13.0 Å². The van der Waals surface area contributed by atoms with Gasteiger partial charge in [-0.15, -0.1) is 12.4 Å². The highest BCUT2D eigenvalue weighted by molar-refractivity contribution is 5.85. The molecule has 0 aliphatic carbocycles. The van der Waals surface area contributed by atoms with Crippen LogP contribution in [0.15, 0.2) is 67.0 Å². The van der Waals surface area contributed by atoms with Gasteiger partial charge in [-0.3, -0.25) is 4.98 Å². The second kappa shape index (κ2) is 11.0. The van der Waals surface area contributed by atoms with Crippen LogP contribution in [0.4, 0.5) is 0 Å². The maximum atomic E-state index is 4.18. The van der Waals surface area contributed by atoms with Crippen molar-refractivity contribution in [2.75, 3.05) is 7.05 Å². The van der Waals surface area contributed by atoms with Crippen LogP contribution >= 0.6 is 12.4 Å². The molecule has 0 bridgehead atoms. The number of nitrogens with one attached hydrogen (secondary N) is 2. The molecule has 0 aliphatic rings. The minimum absolute atomic E-state index is 0. The molecule has 4 heteroatoms. The predicted octanol–water partition coefficient (Wildman–Crippen LogP) is 4.75. The van der Waals surface area contributed by atoms with Gasteiger partial charge in [0.05, 0.1) is 0 Å². The highest BCUT2D eigenvalue weighted by Gasteiger charge is 2.14. The van der Waals surface area contributed by atoms with Gasteiger partial charge < -0.3 is 10.6 Å². The molecule has 0 saturated heterocycles. The average Bonchev–Trinajstić information content (AvgIpc) is 2.70. The molecular weight excluding hydrogens is 354 g/mol. The van der Waals surface area contributed by atoms with Crippen molar-refractivity contribution in [2.24, 2.45) is 0 Å². The molecule has 0 fully saturated rings. The predicted molar refractivity (Wildman–Crippen MR) is 118 cm³/mol. The van der Waals surface area contributed by atoms with E-state index in [1.165, 1.54) is 34.7 Å². The zero-order chi connectivity index (χ0) is 18.2. The molecule has 0 amide bonds. The molecule has 0 aliphatic heterocycles. The topological polar surface area (TPSA) is 37.0 Å². The van der Waals surface area contributed by atoms with Crippen molar-refractivity contribution in [3.8, 4) is 0 Å². The van der Waals surface area contributed by atoms with Crippen LogP contribution in [0.3, 0.4) is 0 Å². The quantitative estimate of drug-likeness (QED) is 0.560. The number of hydrogen-bond acceptors (Lipinski definition) is 3. The van der Waals surface area contributed by atoms with Crippen molar-refractivity contribution in [3.05, 3.63) is 78.1 Å². The molecule has 1 heterocycles.